The molecule has 0 saturated carbocycles. The molecule has 0 aromatic heterocycles. The summed E-state index contributed by atoms with van der Waals surface area (Å²) in [7, 11) is 0. The lowest BCUT2D eigenvalue weighted by molar-refractivity contribution is -0.149. The van der Waals surface area contributed by atoms with Crippen molar-refractivity contribution in [1.82, 2.24) is 31.1 Å². The van der Waals surface area contributed by atoms with Crippen molar-refractivity contribution < 1.29 is 38.7 Å². The van der Waals surface area contributed by atoms with Crippen LogP contribution in [0.2, 0.25) is 0 Å². The molecule has 7 N–H and O–H groups in total. The van der Waals surface area contributed by atoms with Crippen LogP contribution in [0.15, 0.2) is 30.3 Å². The molecule has 50 heavy (non-hydrogen) atoms. The van der Waals surface area contributed by atoms with Crippen molar-refractivity contribution in [2.75, 3.05) is 31.1 Å². The largest absolute Gasteiger partial charge is 0.480 e. The number of nitrogens with one attached hydrogen (secondary N) is 4. The summed E-state index contributed by atoms with van der Waals surface area (Å²) in [5.41, 5.74) is 6.92. The first-order chi connectivity index (χ1) is 23.8. The van der Waals surface area contributed by atoms with Gasteiger partial charge < -0.3 is 41.9 Å². The maximum atomic E-state index is 13.3. The van der Waals surface area contributed by atoms with Crippen molar-refractivity contribution in [1.29, 1.82) is 0 Å². The molecule has 2 heterocycles. The number of amides is 6. The quantitative estimate of drug-likeness (QED) is 0.0929. The second kappa shape index (κ2) is 19.5. The minimum Gasteiger partial charge on any atom is -0.480 e. The van der Waals surface area contributed by atoms with Gasteiger partial charge in [0.1, 0.15) is 30.2 Å². The van der Waals surface area contributed by atoms with Crippen molar-refractivity contribution in [3.8, 4) is 0 Å². The van der Waals surface area contributed by atoms with Gasteiger partial charge >= 0.3 is 5.97 Å². The second-order valence-corrected chi connectivity index (χ2v) is 13.7. The van der Waals surface area contributed by atoms with E-state index in [0.29, 0.717) is 25.7 Å². The lowest BCUT2D eigenvalue weighted by atomic mass is 10.0. The summed E-state index contributed by atoms with van der Waals surface area (Å²) in [5, 5.41) is 19.9. The van der Waals surface area contributed by atoms with Gasteiger partial charge in [0, 0.05) is 24.6 Å². The van der Waals surface area contributed by atoms with Crippen LogP contribution >= 0.6 is 25.3 Å². The Balaban J connectivity index is 1.56. The van der Waals surface area contributed by atoms with E-state index in [2.05, 4.69) is 46.5 Å². The molecule has 2 aliphatic heterocycles. The first kappa shape index (κ1) is 40.6. The van der Waals surface area contributed by atoms with E-state index in [4.69, 9.17) is 5.73 Å². The molecular formula is C33H49N7O8S2. The first-order valence-corrected chi connectivity index (χ1v) is 18.1. The van der Waals surface area contributed by atoms with E-state index in [1.54, 1.807) is 0 Å². The molecule has 2 fully saturated rings. The highest BCUT2D eigenvalue weighted by Gasteiger charge is 2.40. The predicted octanol–water partition coefficient (Wildman–Crippen LogP) is -0.901. The van der Waals surface area contributed by atoms with Crippen molar-refractivity contribution in [2.45, 2.75) is 88.6 Å². The third kappa shape index (κ3) is 11.3. The smallest absolute Gasteiger partial charge is 0.326 e. The maximum absolute atomic E-state index is 13.3. The summed E-state index contributed by atoms with van der Waals surface area (Å²) >= 11 is 8.40. The number of rotatable bonds is 17. The van der Waals surface area contributed by atoms with Crippen LogP contribution in [0, 0.1) is 5.92 Å². The Kier molecular flexibility index (Phi) is 15.9. The lowest BCUT2D eigenvalue weighted by Gasteiger charge is -2.29. The number of carboxylic acid groups (broad SMARTS) is 1. The number of hydrogen-bond acceptors (Lipinski definition) is 10. The van der Waals surface area contributed by atoms with Crippen LogP contribution in [0.1, 0.15) is 51.5 Å². The second-order valence-electron chi connectivity index (χ2n) is 13.0. The molecule has 6 amide bonds. The minimum atomic E-state index is -1.11. The Hall–Kier alpha value is -3.83. The van der Waals surface area contributed by atoms with E-state index in [1.807, 2.05) is 44.2 Å². The third-order valence-corrected chi connectivity index (χ3v) is 9.43. The molecule has 1 aromatic carbocycles. The van der Waals surface area contributed by atoms with E-state index in [0.717, 1.165) is 5.56 Å². The lowest BCUT2D eigenvalue weighted by Crippen LogP contribution is -2.58. The zero-order valence-electron chi connectivity index (χ0n) is 28.4. The van der Waals surface area contributed by atoms with Crippen LogP contribution in [0.5, 0.6) is 0 Å². The maximum Gasteiger partial charge on any atom is 0.326 e. The molecule has 6 atom stereocenters. The van der Waals surface area contributed by atoms with Gasteiger partial charge in [-0.2, -0.15) is 25.3 Å². The number of benzene rings is 1. The van der Waals surface area contributed by atoms with Gasteiger partial charge in [-0.05, 0) is 50.0 Å². The van der Waals surface area contributed by atoms with Gasteiger partial charge in [0.25, 0.3) is 0 Å². The number of nitrogens with zero attached hydrogens (tertiary/aromatic N) is 2. The minimum absolute atomic E-state index is 0.0226. The van der Waals surface area contributed by atoms with Crippen LogP contribution in [-0.2, 0) is 40.0 Å². The molecule has 6 unspecified atom stereocenters. The summed E-state index contributed by atoms with van der Waals surface area (Å²) in [6.45, 7) is 3.78. The van der Waals surface area contributed by atoms with Gasteiger partial charge in [0.05, 0.1) is 12.6 Å². The number of carbonyl (C=O) groups excluding carboxylic acids is 6. The molecule has 15 nitrogen and oxygen atoms in total. The van der Waals surface area contributed by atoms with Gasteiger partial charge in [-0.1, -0.05) is 44.2 Å². The molecule has 17 heteroatoms. The fourth-order valence-corrected chi connectivity index (χ4v) is 6.58. The number of hydrogen-bond donors (Lipinski definition) is 8. The van der Waals surface area contributed by atoms with Crippen molar-refractivity contribution >= 4 is 66.7 Å². The van der Waals surface area contributed by atoms with Gasteiger partial charge in [-0.15, -0.1) is 0 Å². The molecular weight excluding hydrogens is 687 g/mol. The van der Waals surface area contributed by atoms with Gasteiger partial charge in [0.2, 0.25) is 35.4 Å². The Morgan fingerprint density at radius 1 is 0.820 bits per heavy atom. The molecule has 0 spiro atoms. The summed E-state index contributed by atoms with van der Waals surface area (Å²) in [5.74, 6) is -4.71. The first-order valence-electron chi connectivity index (χ1n) is 16.8. The van der Waals surface area contributed by atoms with Crippen molar-refractivity contribution in [3.05, 3.63) is 35.9 Å². The standard InChI is InChI=1S/C33H49N7O8S2/c1-19(2)14-22(36-30(44)23(17-49)37-28(42)21(34)15-20-8-4-3-5-9-20)29(43)35-16-27(41)39-12-6-10-25(39)31(45)38-24(18-50)32(46)40-13-7-11-26(40)33(47)48/h3-5,8-9,19,21-26,49-50H,6-7,10-18,34H2,1-2H3,(H,35,43)(H,36,44)(H,37,42)(H,38,45)(H,47,48). The SMILES string of the molecule is CC(C)CC(NC(=O)C(CS)NC(=O)C(N)Cc1ccccc1)C(=O)NCC(=O)N1CCCC1C(=O)NC(CS)C(=O)N1CCCC1C(=O)O. The zero-order valence-corrected chi connectivity index (χ0v) is 30.2. The normalized spacial score (nSPS) is 19.6. The van der Waals surface area contributed by atoms with Crippen molar-refractivity contribution in [2.24, 2.45) is 11.7 Å². The number of aliphatic carboxylic acids is 1. The summed E-state index contributed by atoms with van der Waals surface area (Å²) in [6.07, 6.45) is 2.20. The van der Waals surface area contributed by atoms with Gasteiger partial charge in [-0.3, -0.25) is 28.8 Å². The van der Waals surface area contributed by atoms with Crippen LogP contribution in [-0.4, -0.2) is 124 Å². The number of nitrogens with two attached hydrogens (primary N) is 1. The number of likely N-dealkylation sites (tertiary alicyclic amines) is 2. The average molecular weight is 736 g/mol. The van der Waals surface area contributed by atoms with Crippen LogP contribution in [0.3, 0.4) is 0 Å². The van der Waals surface area contributed by atoms with Gasteiger partial charge in [-0.25, -0.2) is 4.79 Å². The zero-order chi connectivity index (χ0) is 37.0. The summed E-state index contributed by atoms with van der Waals surface area (Å²) in [4.78, 5) is 92.9. The summed E-state index contributed by atoms with van der Waals surface area (Å²) < 4.78 is 0. The van der Waals surface area contributed by atoms with E-state index in [-0.39, 0.29) is 43.4 Å². The topological polar surface area (TPSA) is 220 Å². The molecule has 1 aromatic rings. The van der Waals surface area contributed by atoms with Gasteiger partial charge in [0.15, 0.2) is 0 Å². The van der Waals surface area contributed by atoms with Crippen molar-refractivity contribution in [3.63, 3.8) is 0 Å². The van der Waals surface area contributed by atoms with Crippen LogP contribution in [0.25, 0.3) is 0 Å². The highest BCUT2D eigenvalue weighted by molar-refractivity contribution is 7.80. The fourth-order valence-electron chi connectivity index (χ4n) is 6.07. The van der Waals surface area contributed by atoms with E-state index < -0.39 is 84.2 Å². The Morgan fingerprint density at radius 3 is 2.02 bits per heavy atom. The van der Waals surface area contributed by atoms with E-state index >= 15 is 0 Å². The van der Waals surface area contributed by atoms with E-state index in [1.165, 1.54) is 9.80 Å². The summed E-state index contributed by atoms with van der Waals surface area (Å²) in [6, 6.07) is 3.22. The monoisotopic (exact) mass is 735 g/mol. The molecule has 0 radical (unpaired) electrons. The molecule has 0 aliphatic carbocycles. The number of carboxylic acids is 1. The fraction of sp³-hybridized carbons (Fsp3) is 0.606. The third-order valence-electron chi connectivity index (χ3n) is 8.70. The molecule has 2 aliphatic rings. The molecule has 3 rings (SSSR count). The highest BCUT2D eigenvalue weighted by Crippen LogP contribution is 2.21. The number of carbonyl (C=O) groups is 7. The molecule has 2 saturated heterocycles. The Morgan fingerprint density at radius 2 is 1.42 bits per heavy atom. The molecule has 276 valence electrons. The van der Waals surface area contributed by atoms with Crippen LogP contribution in [0.4, 0.5) is 0 Å². The Bertz CT molecular complexity index is 1380. The van der Waals surface area contributed by atoms with E-state index in [9.17, 15) is 38.7 Å². The predicted molar refractivity (Wildman–Crippen MR) is 191 cm³/mol. The molecule has 0 bridgehead atoms. The average Bonchev–Trinajstić information content (AvgIpc) is 3.79. The van der Waals surface area contributed by atoms with Crippen LogP contribution < -0.4 is 27.0 Å². The highest BCUT2D eigenvalue weighted by atomic mass is 32.1. The number of thiol groups is 2. The Labute approximate surface area is 303 Å².